The highest BCUT2D eigenvalue weighted by molar-refractivity contribution is 7.80. The number of unbranched alkanes of at least 4 members (excludes halogenated alkanes) is 1. The molecule has 1 aromatic rings. The average molecular weight is 310 g/mol. The standard InChI is InChI=1S/C15H22N2O3S/c1-4-5-6-17-15(18)10(2)20-13-8-11(14(16)21)7-12(9-13)19-3/h7-10H,4-6H2,1-3H3,(H2,16,21)(H,17,18). The molecule has 0 heterocycles. The van der Waals surface area contributed by atoms with Crippen LogP contribution in [-0.4, -0.2) is 30.7 Å². The van der Waals surface area contributed by atoms with Gasteiger partial charge in [-0.1, -0.05) is 25.6 Å². The highest BCUT2D eigenvalue weighted by Crippen LogP contribution is 2.23. The Morgan fingerprint density at radius 2 is 2.05 bits per heavy atom. The summed E-state index contributed by atoms with van der Waals surface area (Å²) in [6.45, 7) is 4.42. The van der Waals surface area contributed by atoms with Crippen molar-refractivity contribution in [3.63, 3.8) is 0 Å². The highest BCUT2D eigenvalue weighted by Gasteiger charge is 2.15. The van der Waals surface area contributed by atoms with E-state index >= 15 is 0 Å². The zero-order chi connectivity index (χ0) is 15.8. The second-order valence-electron chi connectivity index (χ2n) is 4.67. The zero-order valence-corrected chi connectivity index (χ0v) is 13.5. The second kappa shape index (κ2) is 8.46. The molecule has 0 bridgehead atoms. The first-order valence-electron chi connectivity index (χ1n) is 6.91. The fraction of sp³-hybridized carbons (Fsp3) is 0.467. The quantitative estimate of drug-likeness (QED) is 0.567. The van der Waals surface area contributed by atoms with Crippen LogP contribution < -0.4 is 20.5 Å². The van der Waals surface area contributed by atoms with Gasteiger partial charge in [0.15, 0.2) is 6.10 Å². The van der Waals surface area contributed by atoms with E-state index in [0.717, 1.165) is 12.8 Å². The van der Waals surface area contributed by atoms with Crippen LogP contribution in [0.2, 0.25) is 0 Å². The minimum Gasteiger partial charge on any atom is -0.497 e. The Morgan fingerprint density at radius 1 is 1.38 bits per heavy atom. The van der Waals surface area contributed by atoms with E-state index in [1.54, 1.807) is 32.2 Å². The summed E-state index contributed by atoms with van der Waals surface area (Å²) >= 11 is 4.95. The predicted molar refractivity (Wildman–Crippen MR) is 86.9 cm³/mol. The maximum atomic E-state index is 11.9. The molecule has 1 atom stereocenters. The first-order valence-corrected chi connectivity index (χ1v) is 7.32. The summed E-state index contributed by atoms with van der Waals surface area (Å²) in [6, 6.07) is 5.11. The Morgan fingerprint density at radius 3 is 2.62 bits per heavy atom. The van der Waals surface area contributed by atoms with Gasteiger partial charge in [-0.05, 0) is 25.5 Å². The van der Waals surface area contributed by atoms with Gasteiger partial charge in [0.05, 0.1) is 7.11 Å². The Hall–Kier alpha value is -1.82. The first-order chi connectivity index (χ1) is 9.97. The lowest BCUT2D eigenvalue weighted by Gasteiger charge is -2.16. The number of thiocarbonyl (C=S) groups is 1. The summed E-state index contributed by atoms with van der Waals surface area (Å²) < 4.78 is 10.8. The summed E-state index contributed by atoms with van der Waals surface area (Å²) in [5.74, 6) is 0.923. The van der Waals surface area contributed by atoms with Gasteiger partial charge in [0.25, 0.3) is 5.91 Å². The van der Waals surface area contributed by atoms with Crippen LogP contribution in [0.25, 0.3) is 0 Å². The first kappa shape index (κ1) is 17.2. The molecule has 6 heteroatoms. The number of nitrogens with two attached hydrogens (primary N) is 1. The number of carbonyl (C=O) groups excluding carboxylic acids is 1. The van der Waals surface area contributed by atoms with Crippen molar-refractivity contribution in [2.45, 2.75) is 32.8 Å². The molecule has 1 amide bonds. The van der Waals surface area contributed by atoms with Gasteiger partial charge in [-0.3, -0.25) is 4.79 Å². The zero-order valence-electron chi connectivity index (χ0n) is 12.6. The molecule has 0 saturated heterocycles. The second-order valence-corrected chi connectivity index (χ2v) is 5.11. The van der Waals surface area contributed by atoms with E-state index < -0.39 is 6.10 Å². The van der Waals surface area contributed by atoms with Crippen LogP contribution >= 0.6 is 12.2 Å². The molecule has 0 radical (unpaired) electrons. The van der Waals surface area contributed by atoms with Gasteiger partial charge < -0.3 is 20.5 Å². The SMILES string of the molecule is CCCCNC(=O)C(C)Oc1cc(OC)cc(C(N)=S)c1. The summed E-state index contributed by atoms with van der Waals surface area (Å²) in [5.41, 5.74) is 6.26. The van der Waals surface area contributed by atoms with Crippen molar-refractivity contribution in [1.82, 2.24) is 5.32 Å². The van der Waals surface area contributed by atoms with Crippen LogP contribution in [0.4, 0.5) is 0 Å². The molecule has 5 nitrogen and oxygen atoms in total. The molecule has 0 aliphatic heterocycles. The lowest BCUT2D eigenvalue weighted by atomic mass is 10.2. The summed E-state index contributed by atoms with van der Waals surface area (Å²) in [4.78, 5) is 12.1. The van der Waals surface area contributed by atoms with Crippen molar-refractivity contribution in [1.29, 1.82) is 0 Å². The van der Waals surface area contributed by atoms with E-state index in [0.29, 0.717) is 23.6 Å². The van der Waals surface area contributed by atoms with Crippen molar-refractivity contribution in [3.8, 4) is 11.5 Å². The molecule has 1 rings (SSSR count). The topological polar surface area (TPSA) is 73.6 Å². The van der Waals surface area contributed by atoms with Gasteiger partial charge in [0, 0.05) is 18.2 Å². The molecule has 0 aliphatic rings. The number of methoxy groups -OCH3 is 1. The van der Waals surface area contributed by atoms with E-state index in [2.05, 4.69) is 12.2 Å². The molecule has 0 aromatic heterocycles. The Kier molecular flexibility index (Phi) is 6.94. The Labute approximate surface area is 130 Å². The van der Waals surface area contributed by atoms with Gasteiger partial charge in [-0.15, -0.1) is 0 Å². The normalized spacial score (nSPS) is 11.6. The van der Waals surface area contributed by atoms with Crippen molar-refractivity contribution in [2.75, 3.05) is 13.7 Å². The number of rotatable bonds is 8. The number of hydrogen-bond donors (Lipinski definition) is 2. The molecule has 1 aromatic carbocycles. The van der Waals surface area contributed by atoms with E-state index in [9.17, 15) is 4.79 Å². The molecular formula is C15H22N2O3S. The Bertz CT molecular complexity index is 506. The van der Waals surface area contributed by atoms with Gasteiger partial charge in [-0.2, -0.15) is 0 Å². The lowest BCUT2D eigenvalue weighted by Crippen LogP contribution is -2.36. The van der Waals surface area contributed by atoms with Crippen molar-refractivity contribution in [2.24, 2.45) is 5.73 Å². The Balaban J connectivity index is 2.74. The van der Waals surface area contributed by atoms with Crippen molar-refractivity contribution >= 4 is 23.1 Å². The lowest BCUT2D eigenvalue weighted by molar-refractivity contribution is -0.127. The van der Waals surface area contributed by atoms with Gasteiger partial charge in [0.1, 0.15) is 16.5 Å². The van der Waals surface area contributed by atoms with Crippen LogP contribution in [0.1, 0.15) is 32.3 Å². The van der Waals surface area contributed by atoms with Crippen LogP contribution in [0.5, 0.6) is 11.5 Å². The van der Waals surface area contributed by atoms with Gasteiger partial charge >= 0.3 is 0 Å². The molecular weight excluding hydrogens is 288 g/mol. The van der Waals surface area contributed by atoms with E-state index in [1.165, 1.54) is 0 Å². The number of carbonyl (C=O) groups is 1. The number of nitrogens with one attached hydrogen (secondary N) is 1. The molecule has 3 N–H and O–H groups in total. The van der Waals surface area contributed by atoms with Crippen LogP contribution in [0.15, 0.2) is 18.2 Å². The van der Waals surface area contributed by atoms with Crippen LogP contribution in [0, 0.1) is 0 Å². The minimum atomic E-state index is -0.604. The molecule has 1 unspecified atom stereocenters. The third kappa shape index (κ3) is 5.59. The molecule has 0 saturated carbocycles. The van der Waals surface area contributed by atoms with E-state index in [4.69, 9.17) is 27.4 Å². The van der Waals surface area contributed by atoms with Crippen molar-refractivity contribution in [3.05, 3.63) is 23.8 Å². The number of amides is 1. The summed E-state index contributed by atoms with van der Waals surface area (Å²) in [7, 11) is 1.54. The minimum absolute atomic E-state index is 0.150. The molecule has 0 fully saturated rings. The third-order valence-corrected chi connectivity index (χ3v) is 3.15. The molecule has 21 heavy (non-hydrogen) atoms. The van der Waals surface area contributed by atoms with E-state index in [1.807, 2.05) is 0 Å². The van der Waals surface area contributed by atoms with Crippen LogP contribution in [-0.2, 0) is 4.79 Å². The fourth-order valence-corrected chi connectivity index (χ4v) is 1.81. The summed E-state index contributed by atoms with van der Waals surface area (Å²) in [5, 5.41) is 2.82. The maximum Gasteiger partial charge on any atom is 0.260 e. The molecule has 116 valence electrons. The largest absolute Gasteiger partial charge is 0.497 e. The molecule has 0 aliphatic carbocycles. The monoisotopic (exact) mass is 310 g/mol. The predicted octanol–water partition coefficient (Wildman–Crippen LogP) is 2.01. The number of hydrogen-bond acceptors (Lipinski definition) is 4. The van der Waals surface area contributed by atoms with Crippen LogP contribution in [0.3, 0.4) is 0 Å². The third-order valence-electron chi connectivity index (χ3n) is 2.91. The smallest absolute Gasteiger partial charge is 0.260 e. The van der Waals surface area contributed by atoms with Gasteiger partial charge in [0.2, 0.25) is 0 Å². The van der Waals surface area contributed by atoms with E-state index in [-0.39, 0.29) is 10.9 Å². The molecule has 0 spiro atoms. The average Bonchev–Trinajstić information content (AvgIpc) is 2.46. The van der Waals surface area contributed by atoms with Gasteiger partial charge in [-0.25, -0.2) is 0 Å². The number of benzene rings is 1. The van der Waals surface area contributed by atoms with Crippen molar-refractivity contribution < 1.29 is 14.3 Å². The summed E-state index contributed by atoms with van der Waals surface area (Å²) in [6.07, 6.45) is 1.37. The fourth-order valence-electron chi connectivity index (χ4n) is 1.69. The number of ether oxygens (including phenoxy) is 2. The maximum absolute atomic E-state index is 11.9. The highest BCUT2D eigenvalue weighted by atomic mass is 32.1.